The number of hydrogen-bond donors (Lipinski definition) is 2. The van der Waals surface area contributed by atoms with Crippen LogP contribution in [0.5, 0.6) is 5.75 Å². The quantitative estimate of drug-likeness (QED) is 0.865. The highest BCUT2D eigenvalue weighted by molar-refractivity contribution is 7.89. The summed E-state index contributed by atoms with van der Waals surface area (Å²) in [5, 5.41) is 0. The molecule has 114 valence electrons. The lowest BCUT2D eigenvalue weighted by Gasteiger charge is -2.24. The SMILES string of the molecule is CC(C)(CN)NS(=O)(=O)c1ccccc1OC(F)(F)F. The zero-order chi connectivity index (χ0) is 15.6. The van der Waals surface area contributed by atoms with Crippen LogP contribution in [0.1, 0.15) is 13.8 Å². The van der Waals surface area contributed by atoms with Crippen LogP contribution in [0.3, 0.4) is 0 Å². The first-order chi connectivity index (χ1) is 8.97. The zero-order valence-electron chi connectivity index (χ0n) is 10.9. The molecule has 0 aliphatic carbocycles. The maximum absolute atomic E-state index is 12.3. The summed E-state index contributed by atoms with van der Waals surface area (Å²) in [4.78, 5) is -0.598. The molecule has 0 amide bonds. The van der Waals surface area contributed by atoms with Crippen LogP contribution < -0.4 is 15.2 Å². The van der Waals surface area contributed by atoms with E-state index in [-0.39, 0.29) is 6.54 Å². The number of alkyl halides is 3. The molecular formula is C11H15F3N2O3S. The van der Waals surface area contributed by atoms with Gasteiger partial charge in [-0.2, -0.15) is 0 Å². The van der Waals surface area contributed by atoms with E-state index in [0.717, 1.165) is 12.1 Å². The van der Waals surface area contributed by atoms with Gasteiger partial charge in [0.1, 0.15) is 10.6 Å². The molecule has 1 rings (SSSR count). The Kier molecular flexibility index (Phi) is 4.67. The van der Waals surface area contributed by atoms with Gasteiger partial charge in [-0.05, 0) is 26.0 Å². The van der Waals surface area contributed by atoms with Crippen molar-refractivity contribution in [3.05, 3.63) is 24.3 Å². The van der Waals surface area contributed by atoms with E-state index < -0.39 is 32.6 Å². The van der Waals surface area contributed by atoms with Gasteiger partial charge in [0.25, 0.3) is 0 Å². The lowest BCUT2D eigenvalue weighted by molar-refractivity contribution is -0.275. The first kappa shape index (κ1) is 16.7. The van der Waals surface area contributed by atoms with E-state index >= 15 is 0 Å². The molecule has 0 saturated carbocycles. The highest BCUT2D eigenvalue weighted by Gasteiger charge is 2.35. The van der Waals surface area contributed by atoms with Crippen molar-refractivity contribution in [1.82, 2.24) is 4.72 Å². The van der Waals surface area contributed by atoms with Crippen LogP contribution in [-0.4, -0.2) is 26.9 Å². The zero-order valence-corrected chi connectivity index (χ0v) is 11.7. The summed E-state index contributed by atoms with van der Waals surface area (Å²) in [6.45, 7) is 3.00. The van der Waals surface area contributed by atoms with Gasteiger partial charge in [0.15, 0.2) is 0 Å². The third kappa shape index (κ3) is 4.66. The highest BCUT2D eigenvalue weighted by atomic mass is 32.2. The fourth-order valence-corrected chi connectivity index (χ4v) is 2.89. The predicted octanol–water partition coefficient (Wildman–Crippen LogP) is 1.60. The minimum absolute atomic E-state index is 0.0193. The number of benzene rings is 1. The summed E-state index contributed by atoms with van der Waals surface area (Å²) in [6, 6.07) is 4.49. The van der Waals surface area contributed by atoms with Crippen molar-refractivity contribution in [3.63, 3.8) is 0 Å². The summed E-state index contributed by atoms with van der Waals surface area (Å²) in [6.07, 6.45) is -4.98. The Morgan fingerprint density at radius 3 is 2.30 bits per heavy atom. The monoisotopic (exact) mass is 312 g/mol. The second-order valence-electron chi connectivity index (χ2n) is 4.69. The topological polar surface area (TPSA) is 81.4 Å². The van der Waals surface area contributed by atoms with Crippen LogP contribution >= 0.6 is 0 Å². The van der Waals surface area contributed by atoms with Crippen LogP contribution in [0, 0.1) is 0 Å². The molecule has 0 aliphatic heterocycles. The van der Waals surface area contributed by atoms with E-state index in [1.165, 1.54) is 26.0 Å². The second kappa shape index (κ2) is 5.58. The van der Waals surface area contributed by atoms with E-state index in [9.17, 15) is 21.6 Å². The van der Waals surface area contributed by atoms with Crippen LogP contribution in [0.2, 0.25) is 0 Å². The van der Waals surface area contributed by atoms with Crippen molar-refractivity contribution in [2.45, 2.75) is 30.6 Å². The van der Waals surface area contributed by atoms with Crippen molar-refractivity contribution >= 4 is 10.0 Å². The maximum atomic E-state index is 12.3. The second-order valence-corrected chi connectivity index (χ2v) is 6.34. The van der Waals surface area contributed by atoms with Gasteiger partial charge in [0.2, 0.25) is 10.0 Å². The molecule has 0 saturated heterocycles. The minimum Gasteiger partial charge on any atom is -0.404 e. The molecule has 9 heteroatoms. The summed E-state index contributed by atoms with van der Waals surface area (Å²) in [7, 11) is -4.19. The number of nitrogens with one attached hydrogen (secondary N) is 1. The molecule has 20 heavy (non-hydrogen) atoms. The number of hydrogen-bond acceptors (Lipinski definition) is 4. The molecule has 0 radical (unpaired) electrons. The number of para-hydroxylation sites is 1. The normalized spacial score (nSPS) is 13.3. The molecule has 0 aromatic heterocycles. The van der Waals surface area contributed by atoms with Gasteiger partial charge in [-0.15, -0.1) is 13.2 Å². The summed E-state index contributed by atoms with van der Waals surface area (Å²) in [5.74, 6) is -0.791. The van der Waals surface area contributed by atoms with Gasteiger partial charge in [-0.25, -0.2) is 13.1 Å². The van der Waals surface area contributed by atoms with Crippen molar-refractivity contribution in [2.75, 3.05) is 6.54 Å². The van der Waals surface area contributed by atoms with E-state index in [1.54, 1.807) is 0 Å². The largest absolute Gasteiger partial charge is 0.573 e. The Hall–Kier alpha value is -1.32. The Morgan fingerprint density at radius 1 is 1.25 bits per heavy atom. The Morgan fingerprint density at radius 2 is 1.80 bits per heavy atom. The minimum atomic E-state index is -4.98. The van der Waals surface area contributed by atoms with Gasteiger partial charge in [-0.1, -0.05) is 12.1 Å². The lowest BCUT2D eigenvalue weighted by Crippen LogP contribution is -2.48. The molecule has 0 heterocycles. The van der Waals surface area contributed by atoms with Crippen LogP contribution in [-0.2, 0) is 10.0 Å². The number of nitrogens with two attached hydrogens (primary N) is 1. The van der Waals surface area contributed by atoms with Crippen LogP contribution in [0.15, 0.2) is 29.2 Å². The third-order valence-electron chi connectivity index (χ3n) is 2.29. The molecule has 0 unspecified atom stereocenters. The smallest absolute Gasteiger partial charge is 0.404 e. The number of halogens is 3. The molecule has 0 atom stereocenters. The van der Waals surface area contributed by atoms with Gasteiger partial charge in [0, 0.05) is 12.1 Å². The number of rotatable bonds is 5. The fraction of sp³-hybridized carbons (Fsp3) is 0.455. The van der Waals surface area contributed by atoms with Gasteiger partial charge < -0.3 is 10.5 Å². The Bertz CT molecular complexity index is 571. The van der Waals surface area contributed by atoms with E-state index in [2.05, 4.69) is 9.46 Å². The van der Waals surface area contributed by atoms with Crippen molar-refractivity contribution in [1.29, 1.82) is 0 Å². The van der Waals surface area contributed by atoms with Gasteiger partial charge in [-0.3, -0.25) is 0 Å². The molecule has 5 nitrogen and oxygen atoms in total. The van der Waals surface area contributed by atoms with E-state index in [4.69, 9.17) is 5.73 Å². The Labute approximate surface area is 115 Å². The highest BCUT2D eigenvalue weighted by Crippen LogP contribution is 2.29. The molecule has 0 aliphatic rings. The van der Waals surface area contributed by atoms with Crippen molar-refractivity contribution < 1.29 is 26.3 Å². The van der Waals surface area contributed by atoms with Crippen molar-refractivity contribution in [2.24, 2.45) is 5.73 Å². The average molecular weight is 312 g/mol. The van der Waals surface area contributed by atoms with Crippen molar-refractivity contribution in [3.8, 4) is 5.75 Å². The molecule has 1 aromatic rings. The standard InChI is InChI=1S/C11H15F3N2O3S/c1-10(2,7-15)16-20(17,18)9-6-4-3-5-8(9)19-11(12,13)14/h3-6,16H,7,15H2,1-2H3. The first-order valence-electron chi connectivity index (χ1n) is 5.56. The lowest BCUT2D eigenvalue weighted by atomic mass is 10.1. The average Bonchev–Trinajstić information content (AvgIpc) is 2.26. The molecule has 0 bridgehead atoms. The van der Waals surface area contributed by atoms with Crippen LogP contribution in [0.4, 0.5) is 13.2 Å². The van der Waals surface area contributed by atoms with E-state index in [1.807, 2.05) is 0 Å². The first-order valence-corrected chi connectivity index (χ1v) is 7.04. The summed E-state index contributed by atoms with van der Waals surface area (Å²) < 4.78 is 66.9. The molecule has 1 aromatic carbocycles. The predicted molar refractivity (Wildman–Crippen MR) is 66.6 cm³/mol. The maximum Gasteiger partial charge on any atom is 0.573 e. The molecule has 0 fully saturated rings. The molecular weight excluding hydrogens is 297 g/mol. The third-order valence-corrected chi connectivity index (χ3v) is 4.02. The fourth-order valence-electron chi connectivity index (χ4n) is 1.34. The van der Waals surface area contributed by atoms with Gasteiger partial charge in [0.05, 0.1) is 0 Å². The summed E-state index contributed by atoms with van der Waals surface area (Å²) >= 11 is 0. The number of ether oxygens (including phenoxy) is 1. The number of sulfonamides is 1. The molecule has 3 N–H and O–H groups in total. The van der Waals surface area contributed by atoms with E-state index in [0.29, 0.717) is 0 Å². The van der Waals surface area contributed by atoms with Crippen LogP contribution in [0.25, 0.3) is 0 Å². The summed E-state index contributed by atoms with van der Waals surface area (Å²) in [5.41, 5.74) is 4.40. The Balaban J connectivity index is 3.19. The molecule has 0 spiro atoms. The van der Waals surface area contributed by atoms with Gasteiger partial charge >= 0.3 is 6.36 Å².